The van der Waals surface area contributed by atoms with Crippen molar-refractivity contribution in [3.05, 3.63) is 0 Å². The van der Waals surface area contributed by atoms with E-state index in [9.17, 15) is 4.79 Å². The van der Waals surface area contributed by atoms with E-state index in [1.54, 1.807) is 0 Å². The fourth-order valence-corrected chi connectivity index (χ4v) is 8.45. The quantitative estimate of drug-likeness (QED) is 0.538. The molecule has 23 heavy (non-hydrogen) atoms. The second-order valence-corrected chi connectivity index (χ2v) is 10.4. The molecule has 0 saturated heterocycles. The molecule has 2 heteroatoms. The van der Waals surface area contributed by atoms with Crippen LogP contribution in [0.25, 0.3) is 0 Å². The first kappa shape index (κ1) is 16.4. The Kier molecular flexibility index (Phi) is 3.73. The lowest BCUT2D eigenvalue weighted by Gasteiger charge is -2.64. The van der Waals surface area contributed by atoms with Gasteiger partial charge < -0.3 is 0 Å². The molecule has 0 heterocycles. The number of alkyl halides is 1. The van der Waals surface area contributed by atoms with E-state index in [4.69, 9.17) is 11.6 Å². The summed E-state index contributed by atoms with van der Waals surface area (Å²) in [7, 11) is 0. The largest absolute Gasteiger partial charge is 0.300 e. The van der Waals surface area contributed by atoms with Gasteiger partial charge in [0.15, 0.2) is 0 Å². The highest BCUT2D eigenvalue weighted by molar-refractivity contribution is 6.25. The third kappa shape index (κ3) is 2.01. The second-order valence-electron chi connectivity index (χ2n) is 9.76. The molecule has 4 aliphatic rings. The molecule has 4 fully saturated rings. The Balaban J connectivity index is 1.70. The summed E-state index contributed by atoms with van der Waals surface area (Å²) in [4.78, 5) is 12.2. The lowest BCUT2D eigenvalue weighted by atomic mass is 9.44. The van der Waals surface area contributed by atoms with Crippen LogP contribution in [0.4, 0.5) is 0 Å². The van der Waals surface area contributed by atoms with Crippen LogP contribution in [0, 0.1) is 34.5 Å². The number of fused-ring (bicyclic) bond motifs is 5. The molecule has 0 aliphatic heterocycles. The fourth-order valence-electron chi connectivity index (χ4n) is 7.84. The summed E-state index contributed by atoms with van der Waals surface area (Å²) in [6, 6.07) is 0. The Labute approximate surface area is 146 Å². The maximum Gasteiger partial charge on any atom is 0.133 e. The van der Waals surface area contributed by atoms with Gasteiger partial charge in [-0.15, -0.1) is 11.6 Å². The van der Waals surface area contributed by atoms with Gasteiger partial charge >= 0.3 is 0 Å². The summed E-state index contributed by atoms with van der Waals surface area (Å²) in [5.41, 5.74) is 0.568. The third-order valence-electron chi connectivity index (χ3n) is 9.18. The van der Waals surface area contributed by atoms with Crippen molar-refractivity contribution < 1.29 is 4.79 Å². The van der Waals surface area contributed by atoms with Gasteiger partial charge in [-0.05, 0) is 86.9 Å². The van der Waals surface area contributed by atoms with Crippen LogP contribution in [0.5, 0.6) is 0 Å². The predicted octanol–water partition coefficient (Wildman–Crippen LogP) is 5.99. The Hall–Kier alpha value is -0.0400. The van der Waals surface area contributed by atoms with Gasteiger partial charge in [0, 0.05) is 5.92 Å². The molecule has 0 radical (unpaired) electrons. The van der Waals surface area contributed by atoms with E-state index in [0.717, 1.165) is 18.8 Å². The molecule has 4 rings (SSSR count). The van der Waals surface area contributed by atoms with Gasteiger partial charge in [-0.3, -0.25) is 4.79 Å². The molecule has 4 aliphatic carbocycles. The van der Waals surface area contributed by atoms with E-state index in [1.165, 1.54) is 51.4 Å². The highest BCUT2D eigenvalue weighted by Crippen LogP contribution is 2.71. The van der Waals surface area contributed by atoms with Crippen molar-refractivity contribution in [1.29, 1.82) is 0 Å². The minimum Gasteiger partial charge on any atom is -0.300 e. The van der Waals surface area contributed by atoms with E-state index < -0.39 is 0 Å². The SMILES string of the molecule is CC(=O)[C@H]1CC[C@H]2[C@@H]3CCC4CCCC[C@]4(C)[C@@]3(Cl)CC[C@]12C. The first-order chi connectivity index (χ1) is 10.8. The van der Waals surface area contributed by atoms with Crippen LogP contribution in [0.1, 0.15) is 85.0 Å². The first-order valence-corrected chi connectivity index (χ1v) is 10.4. The van der Waals surface area contributed by atoms with Crippen LogP contribution in [0.15, 0.2) is 0 Å². The van der Waals surface area contributed by atoms with E-state index in [1.807, 2.05) is 6.92 Å². The molecule has 0 aromatic carbocycles. The van der Waals surface area contributed by atoms with E-state index in [-0.39, 0.29) is 10.3 Å². The molecule has 0 spiro atoms. The Bertz CT molecular complexity index is 516. The molecule has 0 N–H and O–H groups in total. The minimum atomic E-state index is 0.00614. The smallest absolute Gasteiger partial charge is 0.133 e. The van der Waals surface area contributed by atoms with Crippen LogP contribution in [0.3, 0.4) is 0 Å². The molecule has 130 valence electrons. The molecule has 0 amide bonds. The van der Waals surface area contributed by atoms with Gasteiger partial charge in [-0.1, -0.05) is 26.7 Å². The van der Waals surface area contributed by atoms with Gasteiger partial charge in [0.1, 0.15) is 5.78 Å². The Morgan fingerprint density at radius 3 is 2.39 bits per heavy atom. The molecular formula is C21H33ClO. The summed E-state index contributed by atoms with van der Waals surface area (Å²) < 4.78 is 0. The van der Waals surface area contributed by atoms with E-state index >= 15 is 0 Å². The number of Topliss-reactive ketones (excluding diaryl/α,β-unsaturated/α-hetero) is 1. The summed E-state index contributed by atoms with van der Waals surface area (Å²) in [5.74, 6) is 2.90. The molecule has 7 atom stereocenters. The second kappa shape index (κ2) is 5.23. The zero-order valence-electron chi connectivity index (χ0n) is 15.2. The van der Waals surface area contributed by atoms with Gasteiger partial charge in [-0.25, -0.2) is 0 Å². The zero-order chi connectivity index (χ0) is 16.5. The van der Waals surface area contributed by atoms with Gasteiger partial charge in [0.05, 0.1) is 4.87 Å². The number of carbonyl (C=O) groups excluding carboxylic acids is 1. The zero-order valence-corrected chi connectivity index (χ0v) is 15.9. The molecular weight excluding hydrogens is 304 g/mol. The molecule has 0 aromatic heterocycles. The Morgan fingerprint density at radius 2 is 1.65 bits per heavy atom. The molecule has 0 aromatic rings. The van der Waals surface area contributed by atoms with Gasteiger partial charge in [0.2, 0.25) is 0 Å². The summed E-state index contributed by atoms with van der Waals surface area (Å²) in [6.45, 7) is 6.76. The molecule has 1 nitrogen and oxygen atoms in total. The molecule has 0 bridgehead atoms. The number of hydrogen-bond donors (Lipinski definition) is 0. The van der Waals surface area contributed by atoms with Crippen molar-refractivity contribution >= 4 is 17.4 Å². The highest BCUT2D eigenvalue weighted by atomic mass is 35.5. The van der Waals surface area contributed by atoms with E-state index in [2.05, 4.69) is 13.8 Å². The standard InChI is InChI=1S/C21H33ClO/c1-14(23)16-9-10-17-18-8-7-15-6-4-5-11-20(15,3)21(18,22)13-12-19(16,17)2/h15-18H,4-13H2,1-3H3/t15?,16-,17+,18+,19-,20+,21-/m1/s1. The topological polar surface area (TPSA) is 17.1 Å². The van der Waals surface area contributed by atoms with Crippen molar-refractivity contribution in [3.63, 3.8) is 0 Å². The summed E-state index contributed by atoms with van der Waals surface area (Å²) >= 11 is 7.56. The van der Waals surface area contributed by atoms with Crippen LogP contribution in [-0.2, 0) is 4.79 Å². The number of ketones is 1. The average Bonchev–Trinajstić information content (AvgIpc) is 2.85. The lowest BCUT2D eigenvalue weighted by Crippen LogP contribution is -2.62. The normalized spacial score (nSPS) is 55.7. The fraction of sp³-hybridized carbons (Fsp3) is 0.952. The monoisotopic (exact) mass is 336 g/mol. The minimum absolute atomic E-state index is 0.00614. The van der Waals surface area contributed by atoms with Crippen molar-refractivity contribution in [1.82, 2.24) is 0 Å². The van der Waals surface area contributed by atoms with Crippen molar-refractivity contribution in [2.75, 3.05) is 0 Å². The van der Waals surface area contributed by atoms with Crippen molar-refractivity contribution in [2.45, 2.75) is 89.9 Å². The molecule has 1 unspecified atom stereocenters. The lowest BCUT2D eigenvalue weighted by molar-refractivity contribution is -0.130. The van der Waals surface area contributed by atoms with Gasteiger partial charge in [-0.2, -0.15) is 0 Å². The number of rotatable bonds is 1. The summed E-state index contributed by atoms with van der Waals surface area (Å²) in [6.07, 6.45) is 12.9. The maximum absolute atomic E-state index is 12.2. The highest BCUT2D eigenvalue weighted by Gasteiger charge is 2.66. The number of hydrogen-bond acceptors (Lipinski definition) is 1. The predicted molar refractivity (Wildman–Crippen MR) is 95.6 cm³/mol. The average molecular weight is 337 g/mol. The van der Waals surface area contributed by atoms with E-state index in [0.29, 0.717) is 29.0 Å². The Morgan fingerprint density at radius 1 is 0.913 bits per heavy atom. The first-order valence-electron chi connectivity index (χ1n) is 10.0. The van der Waals surface area contributed by atoms with Crippen LogP contribution in [0.2, 0.25) is 0 Å². The van der Waals surface area contributed by atoms with Crippen molar-refractivity contribution in [2.24, 2.45) is 34.5 Å². The maximum atomic E-state index is 12.2. The third-order valence-corrected chi connectivity index (χ3v) is 10.1. The van der Waals surface area contributed by atoms with Crippen LogP contribution in [-0.4, -0.2) is 10.7 Å². The van der Waals surface area contributed by atoms with Crippen LogP contribution < -0.4 is 0 Å². The summed E-state index contributed by atoms with van der Waals surface area (Å²) in [5, 5.41) is 0. The van der Waals surface area contributed by atoms with Crippen molar-refractivity contribution in [3.8, 4) is 0 Å². The number of halogens is 1. The number of carbonyl (C=O) groups is 1. The van der Waals surface area contributed by atoms with Gasteiger partial charge in [0.25, 0.3) is 0 Å². The molecule has 4 saturated carbocycles. The van der Waals surface area contributed by atoms with Crippen LogP contribution >= 0.6 is 11.6 Å².